The molecular formula is C24H32N4O2. The number of carbonyl (C=O) groups excluding carboxylic acids is 2. The van der Waals surface area contributed by atoms with Gasteiger partial charge in [-0.25, -0.2) is 4.68 Å². The maximum absolute atomic E-state index is 12.5. The lowest BCUT2D eigenvalue weighted by Crippen LogP contribution is -2.34. The molecule has 6 heteroatoms. The van der Waals surface area contributed by atoms with Crippen LogP contribution in [0.15, 0.2) is 30.5 Å². The van der Waals surface area contributed by atoms with E-state index < -0.39 is 0 Å². The lowest BCUT2D eigenvalue weighted by molar-refractivity contribution is -0.128. The number of likely N-dealkylation sites (tertiary alicyclic amines) is 1. The maximum Gasteiger partial charge on any atom is 0.222 e. The highest BCUT2D eigenvalue weighted by atomic mass is 16.2. The van der Waals surface area contributed by atoms with Gasteiger partial charge < -0.3 is 10.2 Å². The lowest BCUT2D eigenvalue weighted by Gasteiger charge is -2.25. The first-order chi connectivity index (χ1) is 14.3. The van der Waals surface area contributed by atoms with Crippen LogP contribution in [0.5, 0.6) is 0 Å². The molecule has 0 unspecified atom stereocenters. The number of rotatable bonds is 5. The number of hydrogen-bond donors (Lipinski definition) is 1. The zero-order valence-electron chi connectivity index (χ0n) is 18.3. The van der Waals surface area contributed by atoms with E-state index in [0.717, 1.165) is 43.5 Å². The predicted octanol–water partition coefficient (Wildman–Crippen LogP) is 3.68. The van der Waals surface area contributed by atoms with Crippen LogP contribution < -0.4 is 5.32 Å². The molecule has 1 fully saturated rings. The van der Waals surface area contributed by atoms with Crippen molar-refractivity contribution in [1.29, 1.82) is 0 Å². The van der Waals surface area contributed by atoms with E-state index in [9.17, 15) is 9.59 Å². The highest BCUT2D eigenvalue weighted by Crippen LogP contribution is 2.32. The molecule has 2 heterocycles. The number of nitrogens with zero attached hydrogens (tertiary/aromatic N) is 3. The van der Waals surface area contributed by atoms with Crippen molar-refractivity contribution in [2.24, 2.45) is 0 Å². The van der Waals surface area contributed by atoms with Crippen LogP contribution in [0, 0.1) is 0 Å². The molecular weight excluding hydrogens is 376 g/mol. The summed E-state index contributed by atoms with van der Waals surface area (Å²) in [5, 5.41) is 7.83. The van der Waals surface area contributed by atoms with Crippen LogP contribution in [0.3, 0.4) is 0 Å². The largest absolute Gasteiger partial charge is 0.349 e. The average molecular weight is 409 g/mol. The summed E-state index contributed by atoms with van der Waals surface area (Å²) < 4.78 is 2.02. The van der Waals surface area contributed by atoms with E-state index in [2.05, 4.69) is 55.5 Å². The summed E-state index contributed by atoms with van der Waals surface area (Å²) >= 11 is 0. The topological polar surface area (TPSA) is 67.2 Å². The van der Waals surface area contributed by atoms with Crippen LogP contribution in [0.25, 0.3) is 5.69 Å². The Hall–Kier alpha value is -2.63. The quantitative estimate of drug-likeness (QED) is 0.821. The predicted molar refractivity (Wildman–Crippen MR) is 117 cm³/mol. The van der Waals surface area contributed by atoms with Crippen LogP contribution in [-0.4, -0.2) is 39.6 Å². The molecule has 0 radical (unpaired) electrons. The van der Waals surface area contributed by atoms with Crippen molar-refractivity contribution in [3.05, 3.63) is 47.3 Å². The first-order valence-electron chi connectivity index (χ1n) is 11.1. The fourth-order valence-corrected chi connectivity index (χ4v) is 4.48. The second kappa shape index (κ2) is 8.25. The number of hydrogen-bond acceptors (Lipinski definition) is 3. The van der Waals surface area contributed by atoms with Gasteiger partial charge in [-0.05, 0) is 48.8 Å². The summed E-state index contributed by atoms with van der Waals surface area (Å²) in [6, 6.07) is 8.60. The lowest BCUT2D eigenvalue weighted by atomic mass is 9.87. The molecule has 1 aliphatic carbocycles. The molecule has 1 aromatic carbocycles. The molecule has 1 aromatic heterocycles. The summed E-state index contributed by atoms with van der Waals surface area (Å²) in [5.41, 5.74) is 4.78. The Morgan fingerprint density at radius 2 is 1.93 bits per heavy atom. The molecule has 1 N–H and O–H groups in total. The first-order valence-corrected chi connectivity index (χ1v) is 11.1. The molecule has 6 nitrogen and oxygen atoms in total. The minimum Gasteiger partial charge on any atom is -0.349 e. The van der Waals surface area contributed by atoms with Crippen molar-refractivity contribution < 1.29 is 9.59 Å². The van der Waals surface area contributed by atoms with Gasteiger partial charge in [-0.1, -0.05) is 32.9 Å². The second-order valence-electron chi connectivity index (χ2n) is 9.50. The minimum atomic E-state index is -0.00173. The summed E-state index contributed by atoms with van der Waals surface area (Å²) in [6.45, 7) is 7.93. The van der Waals surface area contributed by atoms with Crippen LogP contribution in [0.4, 0.5) is 0 Å². The molecule has 4 rings (SSSR count). The Morgan fingerprint density at radius 1 is 1.17 bits per heavy atom. The molecule has 160 valence electrons. The highest BCUT2D eigenvalue weighted by Gasteiger charge is 2.27. The Balaban J connectivity index is 1.44. The van der Waals surface area contributed by atoms with Gasteiger partial charge in [0.2, 0.25) is 11.8 Å². The third-order valence-electron chi connectivity index (χ3n) is 6.28. The van der Waals surface area contributed by atoms with E-state index in [-0.39, 0.29) is 23.3 Å². The summed E-state index contributed by atoms with van der Waals surface area (Å²) in [6.07, 6.45) is 6.70. The van der Waals surface area contributed by atoms with Gasteiger partial charge in [0.1, 0.15) is 0 Å². The monoisotopic (exact) mass is 408 g/mol. The average Bonchev–Trinajstić information content (AvgIpc) is 3.32. The Morgan fingerprint density at radius 3 is 2.60 bits per heavy atom. The third kappa shape index (κ3) is 4.27. The van der Waals surface area contributed by atoms with Crippen LogP contribution in [0.2, 0.25) is 0 Å². The normalized spacial score (nSPS) is 19.1. The van der Waals surface area contributed by atoms with Crippen molar-refractivity contribution in [3.8, 4) is 5.69 Å². The van der Waals surface area contributed by atoms with Crippen molar-refractivity contribution in [2.45, 2.75) is 70.8 Å². The molecule has 1 saturated heterocycles. The molecule has 30 heavy (non-hydrogen) atoms. The van der Waals surface area contributed by atoms with E-state index in [1.54, 1.807) is 4.90 Å². The minimum absolute atomic E-state index is 0.00173. The number of benzene rings is 1. The zero-order chi connectivity index (χ0) is 21.3. The van der Waals surface area contributed by atoms with Gasteiger partial charge in [0.05, 0.1) is 17.9 Å². The molecule has 2 amide bonds. The maximum atomic E-state index is 12.5. The molecule has 2 aliphatic rings. The summed E-state index contributed by atoms with van der Waals surface area (Å²) in [4.78, 5) is 26.1. The van der Waals surface area contributed by atoms with Gasteiger partial charge in [0.15, 0.2) is 0 Å². The van der Waals surface area contributed by atoms with Gasteiger partial charge in [-0.2, -0.15) is 5.10 Å². The number of fused-ring (bicyclic) bond motifs is 1. The molecule has 1 aliphatic heterocycles. The van der Waals surface area contributed by atoms with Gasteiger partial charge in [-0.15, -0.1) is 0 Å². The fraction of sp³-hybridized carbons (Fsp3) is 0.542. The standard InChI is InChI=1S/C24H32N4O2/c1-24(2,3)17-9-11-18(12-10-17)28-21-7-4-6-20(19(21)16-25-28)26-22(29)13-15-27-14-5-8-23(27)30/h9-12,16,20H,4-8,13-15H2,1-3H3,(H,26,29)/t20-/m0/s1. The van der Waals surface area contributed by atoms with Crippen molar-refractivity contribution in [1.82, 2.24) is 20.0 Å². The molecule has 0 saturated carbocycles. The molecule has 0 spiro atoms. The van der Waals surface area contributed by atoms with E-state index in [4.69, 9.17) is 0 Å². The smallest absolute Gasteiger partial charge is 0.222 e. The van der Waals surface area contributed by atoms with Gasteiger partial charge >= 0.3 is 0 Å². The van der Waals surface area contributed by atoms with Crippen LogP contribution in [-0.2, 0) is 21.4 Å². The van der Waals surface area contributed by atoms with E-state index >= 15 is 0 Å². The number of aromatic nitrogens is 2. The fourth-order valence-electron chi connectivity index (χ4n) is 4.48. The molecule has 2 aromatic rings. The zero-order valence-corrected chi connectivity index (χ0v) is 18.3. The summed E-state index contributed by atoms with van der Waals surface area (Å²) in [7, 11) is 0. The van der Waals surface area contributed by atoms with E-state index in [1.165, 1.54) is 11.3 Å². The van der Waals surface area contributed by atoms with Gasteiger partial charge in [0, 0.05) is 37.2 Å². The number of nitrogens with one attached hydrogen (secondary N) is 1. The highest BCUT2D eigenvalue weighted by molar-refractivity contribution is 5.80. The third-order valence-corrected chi connectivity index (χ3v) is 6.28. The Labute approximate surface area is 178 Å². The van der Waals surface area contributed by atoms with Crippen molar-refractivity contribution in [3.63, 3.8) is 0 Å². The second-order valence-corrected chi connectivity index (χ2v) is 9.50. The summed E-state index contributed by atoms with van der Waals surface area (Å²) in [5.74, 6) is 0.177. The van der Waals surface area contributed by atoms with E-state index in [0.29, 0.717) is 19.4 Å². The van der Waals surface area contributed by atoms with Crippen LogP contribution >= 0.6 is 0 Å². The van der Waals surface area contributed by atoms with Gasteiger partial charge in [-0.3, -0.25) is 9.59 Å². The number of carbonyl (C=O) groups is 2. The SMILES string of the molecule is CC(C)(C)c1ccc(-n2ncc3c2CCC[C@@H]3NC(=O)CCN2CCCC2=O)cc1. The Bertz CT molecular complexity index is 924. The molecule has 1 atom stereocenters. The number of amides is 2. The van der Waals surface area contributed by atoms with E-state index in [1.807, 2.05) is 10.9 Å². The van der Waals surface area contributed by atoms with Crippen molar-refractivity contribution >= 4 is 11.8 Å². The molecule has 0 bridgehead atoms. The first kappa shape index (κ1) is 20.6. The van der Waals surface area contributed by atoms with Crippen molar-refractivity contribution in [2.75, 3.05) is 13.1 Å². The Kier molecular flexibility index (Phi) is 5.67. The van der Waals surface area contributed by atoms with Gasteiger partial charge in [0.25, 0.3) is 0 Å². The van der Waals surface area contributed by atoms with Crippen LogP contribution in [0.1, 0.15) is 75.7 Å².